The highest BCUT2D eigenvalue weighted by Gasteiger charge is 2.30. The zero-order valence-corrected chi connectivity index (χ0v) is 9.96. The Hall–Kier alpha value is -1.75. The van der Waals surface area contributed by atoms with Crippen LogP contribution in [0.3, 0.4) is 0 Å². The van der Waals surface area contributed by atoms with Gasteiger partial charge in [0.1, 0.15) is 0 Å². The van der Waals surface area contributed by atoms with Crippen molar-refractivity contribution in [3.63, 3.8) is 0 Å². The van der Waals surface area contributed by atoms with E-state index in [0.717, 1.165) is 23.5 Å². The Balaban J connectivity index is 1.78. The van der Waals surface area contributed by atoms with Crippen molar-refractivity contribution in [1.29, 1.82) is 0 Å². The fraction of sp³-hybridized carbons (Fsp3) is 0.462. The topological polar surface area (TPSA) is 59.0 Å². The summed E-state index contributed by atoms with van der Waals surface area (Å²) in [5.41, 5.74) is 0.993. The molecule has 0 saturated carbocycles. The summed E-state index contributed by atoms with van der Waals surface area (Å²) in [5.74, 6) is 1.57. The van der Waals surface area contributed by atoms with Gasteiger partial charge >= 0.3 is 0 Å². The highest BCUT2D eigenvalue weighted by atomic mass is 16.7. The van der Waals surface area contributed by atoms with Crippen LogP contribution in [0.1, 0.15) is 18.4 Å². The van der Waals surface area contributed by atoms with Crippen molar-refractivity contribution in [2.75, 3.05) is 13.4 Å². The zero-order chi connectivity index (χ0) is 12.5. The van der Waals surface area contributed by atoms with Gasteiger partial charge in [-0.2, -0.15) is 0 Å². The van der Waals surface area contributed by atoms with E-state index in [4.69, 9.17) is 9.47 Å². The van der Waals surface area contributed by atoms with Crippen molar-refractivity contribution >= 4 is 5.91 Å². The molecule has 0 aliphatic carbocycles. The number of benzene rings is 1. The molecule has 0 radical (unpaired) electrons. The molecule has 2 aliphatic heterocycles. The van der Waals surface area contributed by atoms with Gasteiger partial charge in [-0.15, -0.1) is 0 Å². The maximum atomic E-state index is 11.7. The summed E-state index contributed by atoms with van der Waals surface area (Å²) in [4.78, 5) is 13.5. The van der Waals surface area contributed by atoms with Crippen molar-refractivity contribution < 1.29 is 19.4 Å². The zero-order valence-electron chi connectivity index (χ0n) is 9.96. The standard InChI is InChI=1S/C13H15NO4/c15-7-10-2-4-13(16)14(10)6-9-1-3-11-12(5-9)18-8-17-11/h1,3,5,10,15H,2,4,6-8H2. The van der Waals surface area contributed by atoms with Crippen LogP contribution in [-0.4, -0.2) is 35.4 Å². The Morgan fingerprint density at radius 2 is 2.17 bits per heavy atom. The van der Waals surface area contributed by atoms with Crippen LogP contribution in [-0.2, 0) is 11.3 Å². The molecule has 1 saturated heterocycles. The first kappa shape index (κ1) is 11.3. The molecule has 1 fully saturated rings. The summed E-state index contributed by atoms with van der Waals surface area (Å²) < 4.78 is 10.6. The van der Waals surface area contributed by atoms with Gasteiger partial charge < -0.3 is 19.5 Å². The lowest BCUT2D eigenvalue weighted by molar-refractivity contribution is -0.130. The molecule has 1 unspecified atom stereocenters. The minimum absolute atomic E-state index is 0.0241. The number of nitrogens with zero attached hydrogens (tertiary/aromatic N) is 1. The number of hydrogen-bond donors (Lipinski definition) is 1. The fourth-order valence-electron chi connectivity index (χ4n) is 2.44. The molecule has 2 heterocycles. The van der Waals surface area contributed by atoms with E-state index in [-0.39, 0.29) is 25.3 Å². The number of hydrogen-bond acceptors (Lipinski definition) is 4. The van der Waals surface area contributed by atoms with Crippen molar-refractivity contribution in [2.45, 2.75) is 25.4 Å². The van der Waals surface area contributed by atoms with Gasteiger partial charge in [-0.05, 0) is 24.1 Å². The number of ether oxygens (including phenoxy) is 2. The van der Waals surface area contributed by atoms with Crippen LogP contribution in [0.2, 0.25) is 0 Å². The second-order valence-electron chi connectivity index (χ2n) is 4.58. The van der Waals surface area contributed by atoms with Gasteiger partial charge in [0, 0.05) is 13.0 Å². The van der Waals surface area contributed by atoms with E-state index in [0.29, 0.717) is 13.0 Å². The molecule has 0 bridgehead atoms. The molecule has 1 aromatic rings. The molecule has 2 aliphatic rings. The first-order valence-corrected chi connectivity index (χ1v) is 6.07. The Kier molecular flexibility index (Phi) is 2.83. The lowest BCUT2D eigenvalue weighted by Gasteiger charge is -2.23. The Morgan fingerprint density at radius 3 is 3.00 bits per heavy atom. The van der Waals surface area contributed by atoms with Gasteiger partial charge in [-0.3, -0.25) is 4.79 Å². The van der Waals surface area contributed by atoms with E-state index in [9.17, 15) is 9.90 Å². The lowest BCUT2D eigenvalue weighted by Crippen LogP contribution is -2.34. The highest BCUT2D eigenvalue weighted by molar-refractivity contribution is 5.78. The number of fused-ring (bicyclic) bond motifs is 1. The van der Waals surface area contributed by atoms with E-state index in [1.807, 2.05) is 18.2 Å². The van der Waals surface area contributed by atoms with Crippen molar-refractivity contribution in [3.05, 3.63) is 23.8 Å². The van der Waals surface area contributed by atoms with Gasteiger partial charge in [0.15, 0.2) is 11.5 Å². The molecule has 1 atom stereocenters. The molecule has 18 heavy (non-hydrogen) atoms. The summed E-state index contributed by atoms with van der Waals surface area (Å²) >= 11 is 0. The summed E-state index contributed by atoms with van der Waals surface area (Å²) in [5, 5.41) is 9.25. The Morgan fingerprint density at radius 1 is 1.33 bits per heavy atom. The van der Waals surface area contributed by atoms with E-state index in [1.54, 1.807) is 4.90 Å². The van der Waals surface area contributed by atoms with Gasteiger partial charge in [-0.25, -0.2) is 0 Å². The predicted octanol–water partition coefficient (Wildman–Crippen LogP) is 0.899. The first-order valence-electron chi connectivity index (χ1n) is 6.07. The van der Waals surface area contributed by atoms with Crippen LogP contribution in [0, 0.1) is 0 Å². The van der Waals surface area contributed by atoms with Crippen LogP contribution in [0.5, 0.6) is 11.5 Å². The SMILES string of the molecule is O=C1CCC(CO)N1Cc1ccc2c(c1)OCO2. The highest BCUT2D eigenvalue weighted by Crippen LogP contribution is 2.33. The van der Waals surface area contributed by atoms with Crippen LogP contribution in [0.15, 0.2) is 18.2 Å². The van der Waals surface area contributed by atoms with Crippen LogP contribution in [0.25, 0.3) is 0 Å². The normalized spacial score (nSPS) is 21.7. The first-order chi connectivity index (χ1) is 8.78. The molecule has 5 heteroatoms. The minimum Gasteiger partial charge on any atom is -0.454 e. The Labute approximate surface area is 105 Å². The molecule has 96 valence electrons. The number of carbonyl (C=O) groups excluding carboxylic acids is 1. The molecular formula is C13H15NO4. The fourth-order valence-corrected chi connectivity index (χ4v) is 2.44. The van der Waals surface area contributed by atoms with Crippen molar-refractivity contribution in [3.8, 4) is 11.5 Å². The number of rotatable bonds is 3. The quantitative estimate of drug-likeness (QED) is 0.864. The third kappa shape index (κ3) is 1.90. The van der Waals surface area contributed by atoms with Crippen molar-refractivity contribution in [2.24, 2.45) is 0 Å². The minimum atomic E-state index is -0.0528. The number of aliphatic hydroxyl groups excluding tert-OH is 1. The number of likely N-dealkylation sites (tertiary alicyclic amines) is 1. The molecule has 1 aromatic carbocycles. The average molecular weight is 249 g/mol. The molecular weight excluding hydrogens is 234 g/mol. The van der Waals surface area contributed by atoms with E-state index in [1.165, 1.54) is 0 Å². The smallest absolute Gasteiger partial charge is 0.231 e. The predicted molar refractivity (Wildman–Crippen MR) is 63.2 cm³/mol. The third-order valence-corrected chi connectivity index (χ3v) is 3.45. The second-order valence-corrected chi connectivity index (χ2v) is 4.58. The summed E-state index contributed by atoms with van der Waals surface area (Å²) in [6.45, 7) is 0.789. The Bertz CT molecular complexity index is 474. The van der Waals surface area contributed by atoms with E-state index in [2.05, 4.69) is 0 Å². The molecule has 0 spiro atoms. The summed E-state index contributed by atoms with van der Waals surface area (Å²) in [6, 6.07) is 5.62. The van der Waals surface area contributed by atoms with Gasteiger partial charge in [-0.1, -0.05) is 6.07 Å². The molecule has 1 N–H and O–H groups in total. The number of amides is 1. The molecule has 0 aromatic heterocycles. The van der Waals surface area contributed by atoms with Crippen LogP contribution >= 0.6 is 0 Å². The van der Waals surface area contributed by atoms with E-state index >= 15 is 0 Å². The maximum absolute atomic E-state index is 11.7. The van der Waals surface area contributed by atoms with Gasteiger partial charge in [0.2, 0.25) is 12.7 Å². The molecule has 3 rings (SSSR count). The van der Waals surface area contributed by atoms with Crippen molar-refractivity contribution in [1.82, 2.24) is 4.90 Å². The van der Waals surface area contributed by atoms with E-state index < -0.39 is 0 Å². The number of aliphatic hydroxyl groups is 1. The van der Waals surface area contributed by atoms with Crippen LogP contribution in [0.4, 0.5) is 0 Å². The second kappa shape index (κ2) is 4.49. The van der Waals surface area contributed by atoms with Gasteiger partial charge in [0.05, 0.1) is 12.6 Å². The third-order valence-electron chi connectivity index (χ3n) is 3.45. The molecule has 1 amide bonds. The van der Waals surface area contributed by atoms with Gasteiger partial charge in [0.25, 0.3) is 0 Å². The lowest BCUT2D eigenvalue weighted by atomic mass is 10.1. The summed E-state index contributed by atoms with van der Waals surface area (Å²) in [7, 11) is 0. The summed E-state index contributed by atoms with van der Waals surface area (Å²) in [6.07, 6.45) is 1.26. The number of carbonyl (C=O) groups is 1. The van der Waals surface area contributed by atoms with Crippen LogP contribution < -0.4 is 9.47 Å². The average Bonchev–Trinajstić information content (AvgIpc) is 2.97. The monoisotopic (exact) mass is 249 g/mol. The largest absolute Gasteiger partial charge is 0.454 e. The molecule has 5 nitrogen and oxygen atoms in total. The maximum Gasteiger partial charge on any atom is 0.231 e.